The first-order valence-electron chi connectivity index (χ1n) is 6.33. The van der Waals surface area contributed by atoms with Gasteiger partial charge in [0.25, 0.3) is 0 Å². The van der Waals surface area contributed by atoms with Crippen molar-refractivity contribution in [1.82, 2.24) is 9.80 Å². The second kappa shape index (κ2) is 4.64. The molecule has 2 aliphatic rings. The lowest BCUT2D eigenvalue weighted by atomic mass is 9.77. The molecule has 2 rings (SSSR count). The molecular weight excluding hydrogens is 220 g/mol. The Morgan fingerprint density at radius 1 is 1.59 bits per heavy atom. The van der Waals surface area contributed by atoms with Gasteiger partial charge in [-0.3, -0.25) is 4.79 Å². The molecule has 3 atom stereocenters. The Morgan fingerprint density at radius 3 is 2.94 bits per heavy atom. The quantitative estimate of drug-likeness (QED) is 0.707. The number of hydrogen-bond acceptors (Lipinski definition) is 3. The second-order valence-electron chi connectivity index (χ2n) is 5.06. The lowest BCUT2D eigenvalue weighted by Crippen LogP contribution is -2.62. The normalized spacial score (nSPS) is 35.6. The number of carboxylic acid groups (broad SMARTS) is 1. The summed E-state index contributed by atoms with van der Waals surface area (Å²) in [5, 5.41) is 9.62. The summed E-state index contributed by atoms with van der Waals surface area (Å²) in [6.45, 7) is 5.08. The highest BCUT2D eigenvalue weighted by atomic mass is 16.4. The predicted molar refractivity (Wildman–Crippen MR) is 62.6 cm³/mol. The Kier molecular flexibility index (Phi) is 3.38. The van der Waals surface area contributed by atoms with E-state index in [1.54, 1.807) is 0 Å². The molecule has 2 bridgehead atoms. The minimum atomic E-state index is -0.954. The van der Waals surface area contributed by atoms with Crippen LogP contribution < -0.4 is 0 Å². The van der Waals surface area contributed by atoms with Crippen molar-refractivity contribution in [1.29, 1.82) is 0 Å². The van der Waals surface area contributed by atoms with E-state index in [1.807, 2.05) is 6.92 Å². The van der Waals surface area contributed by atoms with E-state index in [0.29, 0.717) is 13.0 Å². The van der Waals surface area contributed by atoms with E-state index in [1.165, 1.54) is 4.90 Å². The first-order valence-corrected chi connectivity index (χ1v) is 6.33. The molecule has 0 aromatic heterocycles. The van der Waals surface area contributed by atoms with E-state index >= 15 is 0 Å². The number of carbonyl (C=O) groups is 2. The molecule has 0 radical (unpaired) electrons. The zero-order chi connectivity index (χ0) is 12.5. The van der Waals surface area contributed by atoms with Gasteiger partial charge in [-0.2, -0.15) is 0 Å². The number of hydrogen-bond donors (Lipinski definition) is 1. The first-order chi connectivity index (χ1) is 8.15. The van der Waals surface area contributed by atoms with Crippen LogP contribution in [0.2, 0.25) is 0 Å². The maximum Gasteiger partial charge on any atom is 0.330 e. The predicted octanol–water partition coefficient (Wildman–Crippen LogP) is 0.404. The molecule has 0 aromatic rings. The molecule has 2 saturated heterocycles. The van der Waals surface area contributed by atoms with Crippen LogP contribution in [0.5, 0.6) is 0 Å². The van der Waals surface area contributed by atoms with Crippen molar-refractivity contribution in [3.8, 4) is 0 Å². The summed E-state index contributed by atoms with van der Waals surface area (Å²) in [7, 11) is 0. The molecule has 3 unspecified atom stereocenters. The summed E-state index contributed by atoms with van der Waals surface area (Å²) in [6.07, 6.45) is 2.97. The third kappa shape index (κ3) is 1.82. The third-order valence-corrected chi connectivity index (χ3v) is 4.23. The molecule has 0 spiro atoms. The van der Waals surface area contributed by atoms with Crippen molar-refractivity contribution in [2.45, 2.75) is 31.7 Å². The van der Waals surface area contributed by atoms with Crippen molar-refractivity contribution < 1.29 is 14.7 Å². The highest BCUT2D eigenvalue weighted by Crippen LogP contribution is 2.39. The monoisotopic (exact) mass is 240 g/mol. The van der Waals surface area contributed by atoms with E-state index in [9.17, 15) is 14.7 Å². The summed E-state index contributed by atoms with van der Waals surface area (Å²) in [5.41, 5.74) is -0.954. The average Bonchev–Trinajstić information content (AvgIpc) is 2.71. The lowest BCUT2D eigenvalue weighted by molar-refractivity contribution is -0.162. The standard InChI is InChI=1S/C12H20N2O3/c1-2-5-14(9-15)12(11(16)17)4-7-13-6-3-10(12)8-13/h9-10H,2-8H2,1H3,(H,16,17). The highest BCUT2D eigenvalue weighted by molar-refractivity contribution is 5.82. The van der Waals surface area contributed by atoms with Gasteiger partial charge < -0.3 is 14.9 Å². The molecule has 2 aliphatic heterocycles. The fourth-order valence-corrected chi connectivity index (χ4v) is 3.33. The SMILES string of the molecule is CCCN(C=O)C1(C(=O)O)CCN2CCC1C2. The molecule has 1 N–H and O–H groups in total. The molecule has 0 aliphatic carbocycles. The summed E-state index contributed by atoms with van der Waals surface area (Å²) in [5.74, 6) is -0.741. The number of carbonyl (C=O) groups excluding carboxylic acids is 1. The maximum absolute atomic E-state index is 11.7. The van der Waals surface area contributed by atoms with Gasteiger partial charge in [0.05, 0.1) is 0 Å². The Balaban J connectivity index is 2.30. The van der Waals surface area contributed by atoms with Crippen LogP contribution in [0.1, 0.15) is 26.2 Å². The fourth-order valence-electron chi connectivity index (χ4n) is 3.33. The number of carboxylic acids is 1. The largest absolute Gasteiger partial charge is 0.479 e. The molecule has 2 fully saturated rings. The molecule has 5 nitrogen and oxygen atoms in total. The molecule has 96 valence electrons. The highest BCUT2D eigenvalue weighted by Gasteiger charge is 2.54. The fraction of sp³-hybridized carbons (Fsp3) is 0.833. The third-order valence-electron chi connectivity index (χ3n) is 4.23. The van der Waals surface area contributed by atoms with Crippen molar-refractivity contribution in [2.75, 3.05) is 26.2 Å². The van der Waals surface area contributed by atoms with Crippen LogP contribution in [0.15, 0.2) is 0 Å². The van der Waals surface area contributed by atoms with Crippen LogP contribution in [0.4, 0.5) is 0 Å². The van der Waals surface area contributed by atoms with Crippen LogP contribution in [-0.2, 0) is 9.59 Å². The van der Waals surface area contributed by atoms with E-state index in [0.717, 1.165) is 38.9 Å². The number of rotatable bonds is 5. The number of amides is 1. The topological polar surface area (TPSA) is 60.9 Å². The summed E-state index contributed by atoms with van der Waals surface area (Å²) < 4.78 is 0. The van der Waals surface area contributed by atoms with Gasteiger partial charge in [-0.1, -0.05) is 6.92 Å². The van der Waals surface area contributed by atoms with E-state index < -0.39 is 11.5 Å². The molecule has 17 heavy (non-hydrogen) atoms. The van der Waals surface area contributed by atoms with Gasteiger partial charge in [0.15, 0.2) is 0 Å². The smallest absolute Gasteiger partial charge is 0.330 e. The van der Waals surface area contributed by atoms with Gasteiger partial charge in [-0.25, -0.2) is 4.79 Å². The van der Waals surface area contributed by atoms with Crippen molar-refractivity contribution >= 4 is 12.4 Å². The second-order valence-corrected chi connectivity index (χ2v) is 5.06. The number of nitrogens with zero attached hydrogens (tertiary/aromatic N) is 2. The number of fused-ring (bicyclic) bond motifs is 2. The molecular formula is C12H20N2O3. The zero-order valence-electron chi connectivity index (χ0n) is 10.3. The van der Waals surface area contributed by atoms with E-state index in [-0.39, 0.29) is 5.92 Å². The minimum absolute atomic E-state index is 0.0884. The Hall–Kier alpha value is -1.10. The van der Waals surface area contributed by atoms with Gasteiger partial charge >= 0.3 is 5.97 Å². The van der Waals surface area contributed by atoms with Crippen molar-refractivity contribution in [3.63, 3.8) is 0 Å². The zero-order valence-corrected chi connectivity index (χ0v) is 10.3. The molecule has 0 aromatic carbocycles. The molecule has 5 heteroatoms. The number of aliphatic carboxylic acids is 1. The van der Waals surface area contributed by atoms with Crippen LogP contribution in [-0.4, -0.2) is 59.0 Å². The Bertz CT molecular complexity index is 321. The van der Waals surface area contributed by atoms with Crippen molar-refractivity contribution in [2.24, 2.45) is 5.92 Å². The van der Waals surface area contributed by atoms with Gasteiger partial charge in [0, 0.05) is 25.6 Å². The lowest BCUT2D eigenvalue weighted by Gasteiger charge is -2.45. The number of piperidine rings is 1. The maximum atomic E-state index is 11.7. The Labute approximate surface area is 101 Å². The molecule has 1 amide bonds. The molecule has 2 heterocycles. The minimum Gasteiger partial charge on any atom is -0.479 e. The van der Waals surface area contributed by atoms with E-state index in [4.69, 9.17) is 0 Å². The van der Waals surface area contributed by atoms with Crippen molar-refractivity contribution in [3.05, 3.63) is 0 Å². The van der Waals surface area contributed by atoms with Crippen LogP contribution in [0, 0.1) is 5.92 Å². The first kappa shape index (κ1) is 12.4. The van der Waals surface area contributed by atoms with Crippen LogP contribution in [0.3, 0.4) is 0 Å². The van der Waals surface area contributed by atoms with Gasteiger partial charge in [-0.05, 0) is 25.8 Å². The summed E-state index contributed by atoms with van der Waals surface area (Å²) >= 11 is 0. The van der Waals surface area contributed by atoms with Gasteiger partial charge in [-0.15, -0.1) is 0 Å². The van der Waals surface area contributed by atoms with E-state index in [2.05, 4.69) is 4.90 Å². The summed E-state index contributed by atoms with van der Waals surface area (Å²) in [4.78, 5) is 26.8. The molecule has 0 saturated carbocycles. The summed E-state index contributed by atoms with van der Waals surface area (Å²) in [6, 6.07) is 0. The average molecular weight is 240 g/mol. The van der Waals surface area contributed by atoms with Crippen LogP contribution in [0.25, 0.3) is 0 Å². The Morgan fingerprint density at radius 2 is 2.35 bits per heavy atom. The van der Waals surface area contributed by atoms with Gasteiger partial charge in [0.2, 0.25) is 6.41 Å². The van der Waals surface area contributed by atoms with Gasteiger partial charge in [0.1, 0.15) is 5.54 Å². The van der Waals surface area contributed by atoms with Crippen LogP contribution >= 0.6 is 0 Å².